The maximum absolute atomic E-state index is 12.2. The fraction of sp³-hybridized carbons (Fsp3) is 0.0769. The molecule has 0 saturated carbocycles. The largest absolute Gasteiger partial charge is 0.465 e. The normalized spacial score (nSPS) is 11.0. The molecule has 2 aromatic rings. The number of carbonyl (C=O) groups is 1. The molecule has 6 nitrogen and oxygen atoms in total. The molecule has 1 heterocycles. The highest BCUT2D eigenvalue weighted by Gasteiger charge is 2.16. The summed E-state index contributed by atoms with van der Waals surface area (Å²) >= 11 is 5.69. The van der Waals surface area contributed by atoms with E-state index in [4.69, 9.17) is 11.6 Å². The lowest BCUT2D eigenvalue weighted by Crippen LogP contribution is -2.14. The third kappa shape index (κ3) is 3.71. The van der Waals surface area contributed by atoms with E-state index in [1.807, 2.05) is 0 Å². The Morgan fingerprint density at radius 3 is 2.43 bits per heavy atom. The average molecular weight is 327 g/mol. The molecule has 0 bridgehead atoms. The summed E-state index contributed by atoms with van der Waals surface area (Å²) in [5.74, 6) is -0.428. The number of esters is 1. The first-order valence-electron chi connectivity index (χ1n) is 5.76. The molecule has 0 aliphatic heterocycles. The zero-order valence-electron chi connectivity index (χ0n) is 10.9. The van der Waals surface area contributed by atoms with Gasteiger partial charge < -0.3 is 4.74 Å². The van der Waals surface area contributed by atoms with Crippen LogP contribution in [0.4, 0.5) is 5.82 Å². The van der Waals surface area contributed by atoms with E-state index in [0.29, 0.717) is 0 Å². The van der Waals surface area contributed by atoms with Crippen molar-refractivity contribution in [3.8, 4) is 0 Å². The Morgan fingerprint density at radius 1 is 1.19 bits per heavy atom. The Kier molecular flexibility index (Phi) is 4.44. The van der Waals surface area contributed by atoms with Crippen LogP contribution in [0.3, 0.4) is 0 Å². The van der Waals surface area contributed by atoms with Crippen LogP contribution in [0.15, 0.2) is 47.4 Å². The van der Waals surface area contributed by atoms with Gasteiger partial charge in [0.2, 0.25) is 0 Å². The number of hydrogen-bond acceptors (Lipinski definition) is 5. The molecule has 0 unspecified atom stereocenters. The summed E-state index contributed by atoms with van der Waals surface area (Å²) in [6, 6.07) is 9.93. The summed E-state index contributed by atoms with van der Waals surface area (Å²) in [6.45, 7) is 0. The summed E-state index contributed by atoms with van der Waals surface area (Å²) in [4.78, 5) is 15.1. The van der Waals surface area contributed by atoms with Gasteiger partial charge in [-0.3, -0.25) is 4.72 Å². The standard InChI is InChI=1S/C13H11ClN2O4S/c1-20-13(17)9-5-7-10(8-6-9)21(18,19)16-12-4-2-3-11(14)15-12/h2-8H,1H3,(H,15,16). The molecular formula is C13H11ClN2O4S. The van der Waals surface area contributed by atoms with E-state index in [9.17, 15) is 13.2 Å². The van der Waals surface area contributed by atoms with E-state index in [1.165, 1.54) is 43.5 Å². The molecule has 0 radical (unpaired) electrons. The highest BCUT2D eigenvalue weighted by molar-refractivity contribution is 7.92. The molecule has 0 spiro atoms. The Morgan fingerprint density at radius 2 is 1.86 bits per heavy atom. The van der Waals surface area contributed by atoms with Crippen LogP contribution in [0.1, 0.15) is 10.4 Å². The van der Waals surface area contributed by atoms with Crippen LogP contribution in [-0.4, -0.2) is 26.5 Å². The second-order valence-electron chi connectivity index (χ2n) is 3.97. The smallest absolute Gasteiger partial charge is 0.337 e. The Labute approximate surface area is 126 Å². The van der Waals surface area contributed by atoms with Gasteiger partial charge in [-0.25, -0.2) is 18.2 Å². The van der Waals surface area contributed by atoms with Gasteiger partial charge in [-0.1, -0.05) is 17.7 Å². The molecule has 1 aromatic carbocycles. The van der Waals surface area contributed by atoms with Crippen LogP contribution >= 0.6 is 11.6 Å². The number of methoxy groups -OCH3 is 1. The van der Waals surface area contributed by atoms with Crippen LogP contribution in [-0.2, 0) is 14.8 Å². The van der Waals surface area contributed by atoms with Gasteiger partial charge >= 0.3 is 5.97 Å². The van der Waals surface area contributed by atoms with E-state index < -0.39 is 16.0 Å². The molecular weight excluding hydrogens is 316 g/mol. The lowest BCUT2D eigenvalue weighted by Gasteiger charge is -2.08. The van der Waals surface area contributed by atoms with Gasteiger partial charge in [0.1, 0.15) is 11.0 Å². The third-order valence-electron chi connectivity index (χ3n) is 2.54. The van der Waals surface area contributed by atoms with E-state index in [-0.39, 0.29) is 21.4 Å². The SMILES string of the molecule is COC(=O)c1ccc(S(=O)(=O)Nc2cccc(Cl)n2)cc1. The van der Waals surface area contributed by atoms with Crippen LogP contribution in [0, 0.1) is 0 Å². The average Bonchev–Trinajstić information content (AvgIpc) is 2.46. The van der Waals surface area contributed by atoms with Crippen molar-refractivity contribution in [1.29, 1.82) is 0 Å². The van der Waals surface area contributed by atoms with Crippen LogP contribution in [0.5, 0.6) is 0 Å². The molecule has 1 N–H and O–H groups in total. The Hall–Kier alpha value is -2.12. The van der Waals surface area contributed by atoms with E-state index in [2.05, 4.69) is 14.4 Å². The highest BCUT2D eigenvalue weighted by atomic mass is 35.5. The van der Waals surface area contributed by atoms with Crippen LogP contribution < -0.4 is 4.72 Å². The van der Waals surface area contributed by atoms with Gasteiger partial charge in [-0.05, 0) is 36.4 Å². The van der Waals surface area contributed by atoms with Gasteiger partial charge in [0.25, 0.3) is 10.0 Å². The number of carbonyl (C=O) groups excluding carboxylic acids is 1. The van der Waals surface area contributed by atoms with Crippen molar-refractivity contribution in [3.63, 3.8) is 0 Å². The number of anilines is 1. The Bertz CT molecular complexity index is 760. The summed E-state index contributed by atoms with van der Waals surface area (Å²) in [7, 11) is -2.55. The number of aromatic nitrogens is 1. The van der Waals surface area contributed by atoms with Gasteiger partial charge in [0.05, 0.1) is 17.6 Å². The van der Waals surface area contributed by atoms with Crippen molar-refractivity contribution in [2.75, 3.05) is 11.8 Å². The molecule has 8 heteroatoms. The Balaban J connectivity index is 2.25. The molecule has 0 atom stereocenters. The minimum absolute atomic E-state index is 0.00284. The molecule has 0 amide bonds. The van der Waals surface area contributed by atoms with Gasteiger partial charge in [-0.2, -0.15) is 0 Å². The molecule has 2 rings (SSSR count). The monoisotopic (exact) mass is 326 g/mol. The predicted molar refractivity (Wildman–Crippen MR) is 77.8 cm³/mol. The molecule has 110 valence electrons. The third-order valence-corrected chi connectivity index (χ3v) is 4.12. The molecule has 1 aromatic heterocycles. The van der Waals surface area contributed by atoms with Crippen molar-refractivity contribution in [1.82, 2.24) is 4.98 Å². The number of pyridine rings is 1. The first-order chi connectivity index (χ1) is 9.92. The summed E-state index contributed by atoms with van der Waals surface area (Å²) < 4.78 is 31.1. The van der Waals surface area contributed by atoms with Gasteiger partial charge in [0, 0.05) is 0 Å². The predicted octanol–water partition coefficient (Wildman–Crippen LogP) is 2.32. The minimum Gasteiger partial charge on any atom is -0.465 e. The molecule has 0 aliphatic carbocycles. The lowest BCUT2D eigenvalue weighted by atomic mass is 10.2. The van der Waals surface area contributed by atoms with Crippen molar-refractivity contribution in [2.45, 2.75) is 4.90 Å². The minimum atomic E-state index is -3.80. The quantitative estimate of drug-likeness (QED) is 0.688. The number of nitrogens with zero attached hydrogens (tertiary/aromatic N) is 1. The second kappa shape index (κ2) is 6.11. The fourth-order valence-electron chi connectivity index (χ4n) is 1.55. The summed E-state index contributed by atoms with van der Waals surface area (Å²) in [6.07, 6.45) is 0. The maximum atomic E-state index is 12.2. The topological polar surface area (TPSA) is 85.4 Å². The van der Waals surface area contributed by atoms with Crippen molar-refractivity contribution in [3.05, 3.63) is 53.2 Å². The van der Waals surface area contributed by atoms with Crippen molar-refractivity contribution in [2.24, 2.45) is 0 Å². The van der Waals surface area contributed by atoms with Gasteiger partial charge in [-0.15, -0.1) is 0 Å². The molecule has 0 saturated heterocycles. The summed E-state index contributed by atoms with van der Waals surface area (Å²) in [5.41, 5.74) is 0.261. The van der Waals surface area contributed by atoms with Crippen molar-refractivity contribution >= 4 is 33.4 Å². The van der Waals surface area contributed by atoms with E-state index in [1.54, 1.807) is 6.07 Å². The first kappa shape index (κ1) is 15.3. The number of nitrogens with one attached hydrogen (secondary N) is 1. The lowest BCUT2D eigenvalue weighted by molar-refractivity contribution is 0.0600. The second-order valence-corrected chi connectivity index (χ2v) is 6.04. The summed E-state index contributed by atoms with van der Waals surface area (Å²) in [5, 5.41) is 0.177. The molecule has 0 aliphatic rings. The number of hydrogen-bond donors (Lipinski definition) is 1. The molecule has 21 heavy (non-hydrogen) atoms. The van der Waals surface area contributed by atoms with E-state index >= 15 is 0 Å². The maximum Gasteiger partial charge on any atom is 0.337 e. The fourth-order valence-corrected chi connectivity index (χ4v) is 2.71. The number of sulfonamides is 1. The molecule has 0 fully saturated rings. The zero-order valence-corrected chi connectivity index (χ0v) is 12.5. The van der Waals surface area contributed by atoms with Crippen LogP contribution in [0.25, 0.3) is 0 Å². The van der Waals surface area contributed by atoms with Crippen LogP contribution in [0.2, 0.25) is 5.15 Å². The first-order valence-corrected chi connectivity index (χ1v) is 7.62. The number of rotatable bonds is 4. The zero-order chi connectivity index (χ0) is 15.5. The number of benzene rings is 1. The van der Waals surface area contributed by atoms with Gasteiger partial charge in [0.15, 0.2) is 0 Å². The van der Waals surface area contributed by atoms with Crippen molar-refractivity contribution < 1.29 is 17.9 Å². The van der Waals surface area contributed by atoms with E-state index in [0.717, 1.165) is 0 Å². The number of ether oxygens (including phenoxy) is 1. The highest BCUT2D eigenvalue weighted by Crippen LogP contribution is 2.17. The number of halogens is 1.